The zero-order valence-electron chi connectivity index (χ0n) is 13.3. The molecule has 23 heavy (non-hydrogen) atoms. The molecule has 7 heteroatoms. The fourth-order valence-electron chi connectivity index (χ4n) is 2.90. The van der Waals surface area contributed by atoms with Crippen molar-refractivity contribution in [1.29, 1.82) is 0 Å². The van der Waals surface area contributed by atoms with Gasteiger partial charge in [-0.05, 0) is 19.8 Å². The minimum absolute atomic E-state index is 0.182. The second-order valence-electron chi connectivity index (χ2n) is 5.81. The fraction of sp³-hybridized carbons (Fsp3) is 0.500. The van der Waals surface area contributed by atoms with Crippen LogP contribution in [0.5, 0.6) is 0 Å². The monoisotopic (exact) mass is 314 g/mol. The molecular weight excluding hydrogens is 292 g/mol. The molecule has 3 rings (SSSR count). The highest BCUT2D eigenvalue weighted by Crippen LogP contribution is 2.24. The van der Waals surface area contributed by atoms with Gasteiger partial charge in [-0.25, -0.2) is 15.0 Å². The van der Waals surface area contributed by atoms with Crippen LogP contribution >= 0.6 is 0 Å². The maximum Gasteiger partial charge on any atom is 0.223 e. The molecule has 0 spiro atoms. The smallest absolute Gasteiger partial charge is 0.223 e. The van der Waals surface area contributed by atoms with E-state index < -0.39 is 0 Å². The van der Waals surface area contributed by atoms with Crippen molar-refractivity contribution in [2.75, 3.05) is 18.4 Å². The van der Waals surface area contributed by atoms with Gasteiger partial charge in [-0.3, -0.25) is 9.36 Å². The predicted octanol–water partition coefficient (Wildman–Crippen LogP) is 1.69. The van der Waals surface area contributed by atoms with Crippen LogP contribution in [0.2, 0.25) is 0 Å². The summed E-state index contributed by atoms with van der Waals surface area (Å²) in [6, 6.07) is 1.87. The average molecular weight is 314 g/mol. The lowest BCUT2D eigenvalue weighted by Crippen LogP contribution is -2.33. The molecule has 1 aliphatic rings. The minimum Gasteiger partial charge on any atom is -0.368 e. The highest BCUT2D eigenvalue weighted by Gasteiger charge is 2.21. The van der Waals surface area contributed by atoms with Gasteiger partial charge in [0.05, 0.1) is 0 Å². The Morgan fingerprint density at radius 1 is 1.26 bits per heavy atom. The van der Waals surface area contributed by atoms with E-state index >= 15 is 0 Å². The molecule has 122 valence electrons. The Balaban J connectivity index is 1.49. The molecule has 0 aliphatic heterocycles. The van der Waals surface area contributed by atoms with Crippen molar-refractivity contribution >= 4 is 11.7 Å². The van der Waals surface area contributed by atoms with E-state index in [1.165, 1.54) is 19.2 Å². The summed E-state index contributed by atoms with van der Waals surface area (Å²) in [6.45, 7) is 3.16. The number of aromatic nitrogens is 4. The Hall–Kier alpha value is -2.44. The summed E-state index contributed by atoms with van der Waals surface area (Å²) in [4.78, 5) is 24.6. The lowest BCUT2D eigenvalue weighted by atomic mass is 10.1. The topological polar surface area (TPSA) is 84.7 Å². The molecule has 0 unspecified atom stereocenters. The normalized spacial score (nSPS) is 14.8. The maximum atomic E-state index is 11.9. The van der Waals surface area contributed by atoms with E-state index in [4.69, 9.17) is 0 Å². The number of hydrogen-bond acceptors (Lipinski definition) is 5. The number of rotatable bonds is 6. The number of carbonyl (C=O) groups excluding carboxylic acids is 1. The van der Waals surface area contributed by atoms with Crippen LogP contribution in [0.25, 0.3) is 5.82 Å². The first kappa shape index (κ1) is 15.5. The third-order valence-electron chi connectivity index (χ3n) is 4.18. The first-order valence-corrected chi connectivity index (χ1v) is 8.08. The number of hydrogen-bond donors (Lipinski definition) is 2. The molecule has 0 atom stereocenters. The Labute approximate surface area is 135 Å². The van der Waals surface area contributed by atoms with Gasteiger partial charge in [-0.2, -0.15) is 0 Å². The molecule has 1 amide bonds. The third-order valence-corrected chi connectivity index (χ3v) is 4.18. The van der Waals surface area contributed by atoms with Crippen LogP contribution in [0.1, 0.15) is 31.5 Å². The third kappa shape index (κ3) is 3.85. The van der Waals surface area contributed by atoms with Crippen molar-refractivity contribution in [3.63, 3.8) is 0 Å². The van der Waals surface area contributed by atoms with E-state index in [0.717, 1.165) is 30.3 Å². The van der Waals surface area contributed by atoms with Crippen LogP contribution in [0, 0.1) is 12.8 Å². The van der Waals surface area contributed by atoms with Gasteiger partial charge < -0.3 is 10.6 Å². The average Bonchev–Trinajstić information content (AvgIpc) is 3.23. The van der Waals surface area contributed by atoms with E-state index in [-0.39, 0.29) is 11.8 Å². The number of nitrogens with zero attached hydrogens (tertiary/aromatic N) is 4. The molecule has 0 radical (unpaired) electrons. The van der Waals surface area contributed by atoms with Crippen LogP contribution in [0.4, 0.5) is 5.82 Å². The predicted molar refractivity (Wildman–Crippen MR) is 87.3 cm³/mol. The zero-order valence-corrected chi connectivity index (χ0v) is 13.3. The van der Waals surface area contributed by atoms with Gasteiger partial charge in [0.2, 0.25) is 5.91 Å². The molecule has 1 fully saturated rings. The van der Waals surface area contributed by atoms with Crippen LogP contribution in [0.3, 0.4) is 0 Å². The van der Waals surface area contributed by atoms with Gasteiger partial charge in [0, 0.05) is 37.5 Å². The number of nitrogens with one attached hydrogen (secondary N) is 2. The molecule has 2 heterocycles. The van der Waals surface area contributed by atoms with Gasteiger partial charge in [0.15, 0.2) is 0 Å². The highest BCUT2D eigenvalue weighted by atomic mass is 16.1. The number of anilines is 1. The summed E-state index contributed by atoms with van der Waals surface area (Å²) in [5, 5.41) is 6.20. The van der Waals surface area contributed by atoms with Crippen LogP contribution in [0.15, 0.2) is 24.8 Å². The molecule has 1 aliphatic carbocycles. The van der Waals surface area contributed by atoms with Crippen LogP contribution < -0.4 is 10.6 Å². The van der Waals surface area contributed by atoms with E-state index in [1.807, 2.05) is 23.8 Å². The second-order valence-corrected chi connectivity index (χ2v) is 5.81. The fourth-order valence-corrected chi connectivity index (χ4v) is 2.90. The van der Waals surface area contributed by atoms with Gasteiger partial charge in [0.25, 0.3) is 0 Å². The van der Waals surface area contributed by atoms with Crippen molar-refractivity contribution in [2.24, 2.45) is 5.92 Å². The van der Waals surface area contributed by atoms with Crippen molar-refractivity contribution in [3.8, 4) is 5.82 Å². The molecule has 0 saturated heterocycles. The summed E-state index contributed by atoms with van der Waals surface area (Å²) in [5.74, 6) is 2.77. The van der Waals surface area contributed by atoms with Crippen molar-refractivity contribution in [1.82, 2.24) is 24.8 Å². The van der Waals surface area contributed by atoms with E-state index in [1.54, 1.807) is 6.20 Å². The van der Waals surface area contributed by atoms with Gasteiger partial charge in [-0.1, -0.05) is 12.8 Å². The summed E-state index contributed by atoms with van der Waals surface area (Å²) >= 11 is 0. The molecule has 1 saturated carbocycles. The van der Waals surface area contributed by atoms with Crippen LogP contribution in [-0.4, -0.2) is 38.5 Å². The Bertz CT molecular complexity index is 662. The Morgan fingerprint density at radius 3 is 2.83 bits per heavy atom. The first-order chi connectivity index (χ1) is 11.2. The lowest BCUT2D eigenvalue weighted by Gasteiger charge is -2.11. The number of aryl methyl sites for hydroxylation is 1. The largest absolute Gasteiger partial charge is 0.368 e. The van der Waals surface area contributed by atoms with Gasteiger partial charge in [0.1, 0.15) is 23.8 Å². The summed E-state index contributed by atoms with van der Waals surface area (Å²) < 4.78 is 1.90. The molecule has 2 aromatic heterocycles. The van der Waals surface area contributed by atoms with E-state index in [2.05, 4.69) is 25.6 Å². The molecule has 7 nitrogen and oxygen atoms in total. The summed E-state index contributed by atoms with van der Waals surface area (Å²) in [6.07, 6.45) is 9.53. The van der Waals surface area contributed by atoms with Gasteiger partial charge >= 0.3 is 0 Å². The Kier molecular flexibility index (Phi) is 4.85. The molecule has 0 bridgehead atoms. The summed E-state index contributed by atoms with van der Waals surface area (Å²) in [5.41, 5.74) is 0. The molecule has 0 aromatic carbocycles. The van der Waals surface area contributed by atoms with Crippen molar-refractivity contribution < 1.29 is 4.79 Å². The number of carbonyl (C=O) groups is 1. The highest BCUT2D eigenvalue weighted by molar-refractivity contribution is 5.78. The first-order valence-electron chi connectivity index (χ1n) is 8.08. The van der Waals surface area contributed by atoms with Crippen LogP contribution in [-0.2, 0) is 4.79 Å². The zero-order chi connectivity index (χ0) is 16.1. The van der Waals surface area contributed by atoms with Crippen molar-refractivity contribution in [3.05, 3.63) is 30.6 Å². The van der Waals surface area contributed by atoms with E-state index in [9.17, 15) is 4.79 Å². The van der Waals surface area contributed by atoms with Crippen molar-refractivity contribution in [2.45, 2.75) is 32.6 Å². The number of imidazole rings is 1. The quantitative estimate of drug-likeness (QED) is 0.793. The van der Waals surface area contributed by atoms with E-state index in [0.29, 0.717) is 13.1 Å². The SMILES string of the molecule is Cc1nccn1-c1cc(NCCNC(=O)C2CCCC2)ncn1. The second kappa shape index (κ2) is 7.21. The molecule has 2 N–H and O–H groups in total. The molecule has 2 aromatic rings. The number of amides is 1. The standard InChI is InChI=1S/C16H22N6O/c1-12-17-8-9-22(12)15-10-14(20-11-21-15)18-6-7-19-16(23)13-4-2-3-5-13/h8-11,13H,2-7H2,1H3,(H,19,23)(H,18,20,21). The molecular formula is C16H22N6O. The minimum atomic E-state index is 0.182. The Morgan fingerprint density at radius 2 is 2.09 bits per heavy atom. The lowest BCUT2D eigenvalue weighted by molar-refractivity contribution is -0.124. The summed E-state index contributed by atoms with van der Waals surface area (Å²) in [7, 11) is 0. The van der Waals surface area contributed by atoms with Gasteiger partial charge in [-0.15, -0.1) is 0 Å². The maximum absolute atomic E-state index is 11.9.